The molecule has 0 saturated heterocycles. The summed E-state index contributed by atoms with van der Waals surface area (Å²) in [6.45, 7) is 1.55. The van der Waals surface area contributed by atoms with Crippen molar-refractivity contribution < 1.29 is 14.3 Å². The van der Waals surface area contributed by atoms with Crippen molar-refractivity contribution in [3.8, 4) is 0 Å². The van der Waals surface area contributed by atoms with Gasteiger partial charge in [0.25, 0.3) is 5.91 Å². The minimum atomic E-state index is -0.923. The van der Waals surface area contributed by atoms with Gasteiger partial charge in [0.15, 0.2) is 6.10 Å². The fourth-order valence-corrected chi connectivity index (χ4v) is 3.26. The molecule has 3 aromatic rings. The molecule has 0 unspecified atom stereocenters. The van der Waals surface area contributed by atoms with Crippen LogP contribution in [0, 0.1) is 0 Å². The van der Waals surface area contributed by atoms with E-state index >= 15 is 0 Å². The summed E-state index contributed by atoms with van der Waals surface area (Å²) in [5.74, 6) is -0.985. The van der Waals surface area contributed by atoms with Gasteiger partial charge in [0, 0.05) is 16.6 Å². The van der Waals surface area contributed by atoms with Crippen LogP contribution in [0.15, 0.2) is 84.9 Å². The highest BCUT2D eigenvalue weighted by molar-refractivity contribution is 6.30. The van der Waals surface area contributed by atoms with Crippen LogP contribution in [0.2, 0.25) is 5.02 Å². The molecule has 4 nitrogen and oxygen atoms in total. The van der Waals surface area contributed by atoms with Crippen LogP contribution in [0.25, 0.3) is 0 Å². The van der Waals surface area contributed by atoms with E-state index in [9.17, 15) is 9.59 Å². The largest absolute Gasteiger partial charge is 0.453 e. The normalized spacial score (nSPS) is 11.7. The Kier molecular flexibility index (Phi) is 7.04. The van der Waals surface area contributed by atoms with Crippen LogP contribution < -0.4 is 5.32 Å². The van der Waals surface area contributed by atoms with Crippen LogP contribution >= 0.6 is 11.6 Å². The first-order valence-corrected chi connectivity index (χ1v) is 9.76. The van der Waals surface area contributed by atoms with Crippen molar-refractivity contribution in [2.45, 2.75) is 25.4 Å². The smallest absolute Gasteiger partial charge is 0.307 e. The Morgan fingerprint density at radius 3 is 2.03 bits per heavy atom. The van der Waals surface area contributed by atoms with Gasteiger partial charge in [0.2, 0.25) is 0 Å². The van der Waals surface area contributed by atoms with Crippen LogP contribution in [-0.2, 0) is 14.3 Å². The molecule has 0 heterocycles. The van der Waals surface area contributed by atoms with E-state index in [0.717, 1.165) is 11.1 Å². The van der Waals surface area contributed by atoms with Gasteiger partial charge in [-0.2, -0.15) is 0 Å². The average Bonchev–Trinajstić information content (AvgIpc) is 2.73. The standard InChI is InChI=1S/C24H22ClNO3/c1-17(24(28)26-21-14-8-13-20(25)15-21)29-23(27)16-22(18-9-4-2-5-10-18)19-11-6-3-7-12-19/h2-15,17,22H,16H2,1H3,(H,26,28)/t17-/m1/s1. The van der Waals surface area contributed by atoms with E-state index in [1.807, 2.05) is 60.7 Å². The second-order valence-corrected chi connectivity index (χ2v) is 7.15. The minimum Gasteiger partial charge on any atom is -0.453 e. The summed E-state index contributed by atoms with van der Waals surface area (Å²) in [7, 11) is 0. The quantitative estimate of drug-likeness (QED) is 0.531. The van der Waals surface area contributed by atoms with E-state index in [1.54, 1.807) is 31.2 Å². The number of esters is 1. The van der Waals surface area contributed by atoms with E-state index < -0.39 is 18.0 Å². The molecule has 0 fully saturated rings. The maximum absolute atomic E-state index is 12.6. The molecule has 29 heavy (non-hydrogen) atoms. The van der Waals surface area contributed by atoms with E-state index in [4.69, 9.17) is 16.3 Å². The lowest BCUT2D eigenvalue weighted by atomic mass is 9.88. The molecule has 148 valence electrons. The lowest BCUT2D eigenvalue weighted by Crippen LogP contribution is -2.30. The van der Waals surface area contributed by atoms with Crippen LogP contribution in [0.3, 0.4) is 0 Å². The van der Waals surface area contributed by atoms with Crippen LogP contribution in [-0.4, -0.2) is 18.0 Å². The summed E-state index contributed by atoms with van der Waals surface area (Å²) in [6.07, 6.45) is -0.781. The van der Waals surface area contributed by atoms with Crippen molar-refractivity contribution in [3.63, 3.8) is 0 Å². The number of hydrogen-bond donors (Lipinski definition) is 1. The fraction of sp³-hybridized carbons (Fsp3) is 0.167. The fourth-order valence-electron chi connectivity index (χ4n) is 3.07. The van der Waals surface area contributed by atoms with E-state index in [-0.39, 0.29) is 12.3 Å². The summed E-state index contributed by atoms with van der Waals surface area (Å²) in [5, 5.41) is 3.22. The van der Waals surface area contributed by atoms with Crippen molar-refractivity contribution in [2.75, 3.05) is 5.32 Å². The van der Waals surface area contributed by atoms with E-state index in [0.29, 0.717) is 10.7 Å². The van der Waals surface area contributed by atoms with Gasteiger partial charge in [-0.15, -0.1) is 0 Å². The molecule has 0 aliphatic rings. The van der Waals surface area contributed by atoms with Gasteiger partial charge in [-0.1, -0.05) is 78.3 Å². The molecule has 5 heteroatoms. The number of hydrogen-bond acceptors (Lipinski definition) is 3. The Bertz CT molecular complexity index is 921. The number of amides is 1. The molecular weight excluding hydrogens is 386 g/mol. The van der Waals surface area contributed by atoms with Crippen LogP contribution in [0.1, 0.15) is 30.4 Å². The number of carbonyl (C=O) groups is 2. The van der Waals surface area contributed by atoms with Crippen molar-refractivity contribution in [3.05, 3.63) is 101 Å². The summed E-state index contributed by atoms with van der Waals surface area (Å²) in [6, 6.07) is 26.4. The molecule has 1 amide bonds. The molecule has 1 atom stereocenters. The van der Waals surface area contributed by atoms with Crippen molar-refractivity contribution in [1.82, 2.24) is 0 Å². The number of ether oxygens (including phenoxy) is 1. The van der Waals surface area contributed by atoms with Crippen molar-refractivity contribution in [2.24, 2.45) is 0 Å². The Hall–Kier alpha value is -3.11. The molecule has 0 spiro atoms. The highest BCUT2D eigenvalue weighted by Crippen LogP contribution is 2.28. The third-order valence-electron chi connectivity index (χ3n) is 4.54. The highest BCUT2D eigenvalue weighted by atomic mass is 35.5. The summed E-state index contributed by atoms with van der Waals surface area (Å²) < 4.78 is 5.40. The SMILES string of the molecule is C[C@@H](OC(=O)CC(c1ccccc1)c1ccccc1)C(=O)Nc1cccc(Cl)c1. The molecule has 3 rings (SSSR count). The maximum Gasteiger partial charge on any atom is 0.307 e. The van der Waals surface area contributed by atoms with Gasteiger partial charge in [0.1, 0.15) is 0 Å². The van der Waals surface area contributed by atoms with Gasteiger partial charge < -0.3 is 10.1 Å². The Morgan fingerprint density at radius 2 is 1.48 bits per heavy atom. The summed E-state index contributed by atoms with van der Waals surface area (Å²) in [5.41, 5.74) is 2.59. The van der Waals surface area contributed by atoms with E-state index in [1.165, 1.54) is 0 Å². The molecular formula is C24H22ClNO3. The molecule has 3 aromatic carbocycles. The van der Waals surface area contributed by atoms with Crippen molar-refractivity contribution >= 4 is 29.2 Å². The third-order valence-corrected chi connectivity index (χ3v) is 4.78. The van der Waals surface area contributed by atoms with Crippen LogP contribution in [0.5, 0.6) is 0 Å². The van der Waals surface area contributed by atoms with E-state index in [2.05, 4.69) is 5.32 Å². The maximum atomic E-state index is 12.6. The lowest BCUT2D eigenvalue weighted by Gasteiger charge is -2.19. The zero-order chi connectivity index (χ0) is 20.6. The molecule has 0 bridgehead atoms. The first-order chi connectivity index (χ1) is 14.0. The minimum absolute atomic E-state index is 0.142. The van der Waals surface area contributed by atoms with Gasteiger partial charge in [0.05, 0.1) is 6.42 Å². The molecule has 0 aliphatic heterocycles. The average molecular weight is 408 g/mol. The Morgan fingerprint density at radius 1 is 0.897 bits per heavy atom. The van der Waals surface area contributed by atoms with Gasteiger partial charge in [-0.3, -0.25) is 9.59 Å². The molecule has 1 N–H and O–H groups in total. The number of halogens is 1. The van der Waals surface area contributed by atoms with Gasteiger partial charge in [-0.05, 0) is 36.2 Å². The topological polar surface area (TPSA) is 55.4 Å². The highest BCUT2D eigenvalue weighted by Gasteiger charge is 2.23. The van der Waals surface area contributed by atoms with Gasteiger partial charge in [-0.25, -0.2) is 0 Å². The lowest BCUT2D eigenvalue weighted by molar-refractivity contribution is -0.153. The zero-order valence-electron chi connectivity index (χ0n) is 16.0. The number of nitrogens with one attached hydrogen (secondary N) is 1. The number of benzene rings is 3. The van der Waals surface area contributed by atoms with Gasteiger partial charge >= 0.3 is 5.97 Å². The van der Waals surface area contributed by atoms with Crippen LogP contribution in [0.4, 0.5) is 5.69 Å². The Balaban J connectivity index is 1.66. The summed E-state index contributed by atoms with van der Waals surface area (Å²) >= 11 is 5.93. The Labute approximate surface area is 175 Å². The molecule has 0 saturated carbocycles. The predicted octanol–water partition coefficient (Wildman–Crippen LogP) is 5.43. The first kappa shape index (κ1) is 20.6. The number of rotatable bonds is 7. The molecule has 0 radical (unpaired) electrons. The second kappa shape index (κ2) is 9.89. The molecule has 0 aromatic heterocycles. The zero-order valence-corrected chi connectivity index (χ0v) is 16.8. The number of carbonyl (C=O) groups excluding carboxylic acids is 2. The number of anilines is 1. The third kappa shape index (κ3) is 5.93. The predicted molar refractivity (Wildman–Crippen MR) is 115 cm³/mol. The first-order valence-electron chi connectivity index (χ1n) is 9.38. The second-order valence-electron chi connectivity index (χ2n) is 6.71. The summed E-state index contributed by atoms with van der Waals surface area (Å²) in [4.78, 5) is 25.0. The molecule has 0 aliphatic carbocycles. The monoisotopic (exact) mass is 407 g/mol. The van der Waals surface area contributed by atoms with Crippen molar-refractivity contribution in [1.29, 1.82) is 0 Å².